The van der Waals surface area contributed by atoms with E-state index in [0.717, 1.165) is 44.9 Å². The minimum absolute atomic E-state index is 0.0392. The van der Waals surface area contributed by atoms with Crippen molar-refractivity contribution in [3.05, 3.63) is 72.9 Å². The van der Waals surface area contributed by atoms with Crippen LogP contribution in [0.1, 0.15) is 123 Å². The number of aliphatic hydroxyl groups excluding tert-OH is 2. The molecule has 0 aliphatic rings. The maximum Gasteiger partial charge on any atom is 0.472 e. The molecule has 0 aliphatic carbocycles. The maximum atomic E-state index is 12.8. The van der Waals surface area contributed by atoms with Gasteiger partial charge in [-0.15, -0.1) is 0 Å². The lowest BCUT2D eigenvalue weighted by molar-refractivity contribution is -0.870. The zero-order valence-corrected chi connectivity index (χ0v) is 33.6. The van der Waals surface area contributed by atoms with Crippen molar-refractivity contribution in [1.82, 2.24) is 5.32 Å². The van der Waals surface area contributed by atoms with E-state index in [4.69, 9.17) is 9.05 Å². The summed E-state index contributed by atoms with van der Waals surface area (Å²) >= 11 is 0. The Balaban J connectivity index is 4.67. The Morgan fingerprint density at radius 3 is 2.02 bits per heavy atom. The van der Waals surface area contributed by atoms with Gasteiger partial charge in [0.2, 0.25) is 5.91 Å². The van der Waals surface area contributed by atoms with Crippen LogP contribution >= 0.6 is 7.82 Å². The van der Waals surface area contributed by atoms with E-state index in [9.17, 15) is 24.5 Å². The van der Waals surface area contributed by atoms with Crippen molar-refractivity contribution in [2.45, 2.75) is 141 Å². The first-order valence-corrected chi connectivity index (χ1v) is 20.9. The van der Waals surface area contributed by atoms with Crippen LogP contribution in [-0.2, 0) is 18.4 Å². The summed E-state index contributed by atoms with van der Waals surface area (Å²) in [5.41, 5.74) is 0. The lowest BCUT2D eigenvalue weighted by atomic mass is 10.1. The first-order valence-electron chi connectivity index (χ1n) is 19.4. The Hall–Kier alpha value is -2.10. The molecular formula is C41H74N2O7P+. The van der Waals surface area contributed by atoms with Gasteiger partial charge in [-0.2, -0.15) is 0 Å². The zero-order chi connectivity index (χ0) is 38.1. The molecule has 1 amide bonds. The van der Waals surface area contributed by atoms with E-state index in [-0.39, 0.29) is 25.5 Å². The molecule has 0 radical (unpaired) electrons. The molecule has 51 heavy (non-hydrogen) atoms. The number of carbonyl (C=O) groups excluding carboxylic acids is 1. The second kappa shape index (κ2) is 32.5. The Morgan fingerprint density at radius 2 is 1.35 bits per heavy atom. The molecule has 0 fully saturated rings. The normalized spacial score (nSPS) is 16.0. The predicted octanol–water partition coefficient (Wildman–Crippen LogP) is 9.04. The van der Waals surface area contributed by atoms with E-state index in [1.807, 2.05) is 64.5 Å². The lowest BCUT2D eigenvalue weighted by Crippen LogP contribution is -2.45. The van der Waals surface area contributed by atoms with Gasteiger partial charge in [0, 0.05) is 6.42 Å². The molecule has 4 atom stereocenters. The molecule has 4 N–H and O–H groups in total. The highest BCUT2D eigenvalue weighted by Gasteiger charge is 2.27. The SMILES string of the molecule is CC/C=C\C(O)C/C=C/C=C\C/C=C\C/C=C\CCCC(=O)N[C@@H](COP(=O)(O)OCC[N+](C)(C)C)[C@H](O)/C=C/CCCCCCCCCCC. The lowest BCUT2D eigenvalue weighted by Gasteiger charge is -2.25. The molecule has 10 heteroatoms. The van der Waals surface area contributed by atoms with Gasteiger partial charge in [-0.3, -0.25) is 13.8 Å². The van der Waals surface area contributed by atoms with Gasteiger partial charge in [-0.1, -0.05) is 138 Å². The summed E-state index contributed by atoms with van der Waals surface area (Å²) in [7, 11) is 1.49. The molecule has 0 spiro atoms. The number of hydrogen-bond donors (Lipinski definition) is 4. The fraction of sp³-hybridized carbons (Fsp3) is 0.683. The summed E-state index contributed by atoms with van der Waals surface area (Å²) in [6.45, 7) is 4.47. The van der Waals surface area contributed by atoms with Crippen LogP contribution in [0.4, 0.5) is 0 Å². The molecule has 0 heterocycles. The maximum absolute atomic E-state index is 12.8. The van der Waals surface area contributed by atoms with Gasteiger partial charge in [-0.05, 0) is 51.4 Å². The van der Waals surface area contributed by atoms with Crippen molar-refractivity contribution in [3.63, 3.8) is 0 Å². The number of phosphoric ester groups is 1. The van der Waals surface area contributed by atoms with Crippen molar-refractivity contribution in [3.8, 4) is 0 Å². The van der Waals surface area contributed by atoms with Crippen LogP contribution in [0.25, 0.3) is 0 Å². The minimum Gasteiger partial charge on any atom is -0.389 e. The van der Waals surface area contributed by atoms with Crippen LogP contribution in [0.15, 0.2) is 72.9 Å². The smallest absolute Gasteiger partial charge is 0.389 e. The Bertz CT molecular complexity index is 1080. The monoisotopic (exact) mass is 738 g/mol. The number of amides is 1. The number of unbranched alkanes of at least 4 members (excludes halogenated alkanes) is 10. The summed E-state index contributed by atoms with van der Waals surface area (Å²) in [6, 6.07) is -0.890. The van der Waals surface area contributed by atoms with Crippen LogP contribution in [0.3, 0.4) is 0 Å². The molecule has 0 rings (SSSR count). The Morgan fingerprint density at radius 1 is 0.745 bits per heavy atom. The molecule has 2 unspecified atom stereocenters. The van der Waals surface area contributed by atoms with Gasteiger partial charge in [0.1, 0.15) is 13.2 Å². The molecule has 0 aromatic carbocycles. The third-order valence-electron chi connectivity index (χ3n) is 8.01. The summed E-state index contributed by atoms with van der Waals surface area (Å²) in [4.78, 5) is 23.0. The van der Waals surface area contributed by atoms with E-state index in [2.05, 4.69) is 42.6 Å². The number of allylic oxidation sites excluding steroid dienone is 9. The third kappa shape index (κ3) is 34.7. The highest BCUT2D eigenvalue weighted by molar-refractivity contribution is 7.47. The molecular weight excluding hydrogens is 663 g/mol. The minimum atomic E-state index is -4.36. The van der Waals surface area contributed by atoms with Crippen LogP contribution in [0.5, 0.6) is 0 Å². The summed E-state index contributed by atoms with van der Waals surface area (Å²) in [6.07, 6.45) is 38.9. The highest BCUT2D eigenvalue weighted by Crippen LogP contribution is 2.43. The van der Waals surface area contributed by atoms with Crippen molar-refractivity contribution in [2.24, 2.45) is 0 Å². The molecule has 294 valence electrons. The van der Waals surface area contributed by atoms with Crippen molar-refractivity contribution < 1.29 is 38.0 Å². The van der Waals surface area contributed by atoms with Gasteiger partial charge in [0.05, 0.1) is 46.0 Å². The fourth-order valence-electron chi connectivity index (χ4n) is 4.86. The standard InChI is InChI=1S/C41H73N2O7P/c1-6-8-10-11-12-13-16-20-23-26-29-33-40(45)39(37-50-51(47,48)49-36-35-43(3,4)5)42-41(46)34-30-27-24-21-18-15-14-17-19-22-25-28-32-38(44)31-9-7-2/h9,14-15,19,21-22,24-25,28-29,31,33,38-40,44-45H,6-8,10-13,16-18,20,23,26-27,30,32,34-37H2,1-5H3,(H-,42,46,47,48)/p+1/b15-14-,22-19-,24-21-,28-25+,31-9-,33-29+/t38?,39-,40+/m0/s1. The summed E-state index contributed by atoms with van der Waals surface area (Å²) in [5.74, 6) is -0.255. The van der Waals surface area contributed by atoms with Crippen LogP contribution in [0, 0.1) is 0 Å². The van der Waals surface area contributed by atoms with E-state index >= 15 is 0 Å². The molecule has 0 aromatic rings. The number of nitrogens with one attached hydrogen (secondary N) is 1. The second-order valence-electron chi connectivity index (χ2n) is 14.1. The average Bonchev–Trinajstić information content (AvgIpc) is 3.07. The predicted molar refractivity (Wildman–Crippen MR) is 213 cm³/mol. The number of aliphatic hydroxyl groups is 2. The number of carbonyl (C=O) groups is 1. The quantitative estimate of drug-likeness (QED) is 0.0174. The highest BCUT2D eigenvalue weighted by atomic mass is 31.2. The fourth-order valence-corrected chi connectivity index (χ4v) is 5.59. The topological polar surface area (TPSA) is 125 Å². The van der Waals surface area contributed by atoms with Gasteiger partial charge in [0.15, 0.2) is 0 Å². The Labute approximate surface area is 311 Å². The van der Waals surface area contributed by atoms with E-state index < -0.39 is 26.1 Å². The number of quaternary nitrogens is 1. The zero-order valence-electron chi connectivity index (χ0n) is 32.7. The molecule has 0 saturated carbocycles. The molecule has 0 saturated heterocycles. The molecule has 9 nitrogen and oxygen atoms in total. The van der Waals surface area contributed by atoms with Gasteiger partial charge in [-0.25, -0.2) is 4.57 Å². The number of rotatable bonds is 33. The van der Waals surface area contributed by atoms with Crippen LogP contribution < -0.4 is 5.32 Å². The number of nitrogens with zero attached hydrogens (tertiary/aromatic N) is 1. The second-order valence-corrected chi connectivity index (χ2v) is 15.6. The van der Waals surface area contributed by atoms with Crippen molar-refractivity contribution in [2.75, 3.05) is 40.9 Å². The van der Waals surface area contributed by atoms with Gasteiger partial charge in [0.25, 0.3) is 0 Å². The largest absolute Gasteiger partial charge is 0.472 e. The summed E-state index contributed by atoms with van der Waals surface area (Å²) in [5, 5.41) is 23.4. The first-order chi connectivity index (χ1) is 24.4. The molecule has 0 bridgehead atoms. The van der Waals surface area contributed by atoms with E-state index in [0.29, 0.717) is 23.9 Å². The van der Waals surface area contributed by atoms with Crippen LogP contribution in [-0.4, -0.2) is 84.6 Å². The number of phosphoric acid groups is 1. The van der Waals surface area contributed by atoms with E-state index in [1.165, 1.54) is 44.9 Å². The van der Waals surface area contributed by atoms with Gasteiger partial charge < -0.3 is 24.9 Å². The average molecular weight is 738 g/mol. The number of hydrogen-bond acceptors (Lipinski definition) is 6. The summed E-state index contributed by atoms with van der Waals surface area (Å²) < 4.78 is 23.4. The van der Waals surface area contributed by atoms with Crippen LogP contribution in [0.2, 0.25) is 0 Å². The van der Waals surface area contributed by atoms with Gasteiger partial charge >= 0.3 is 7.82 Å². The van der Waals surface area contributed by atoms with E-state index in [1.54, 1.807) is 6.08 Å². The van der Waals surface area contributed by atoms with Crippen molar-refractivity contribution in [1.29, 1.82) is 0 Å². The third-order valence-corrected chi connectivity index (χ3v) is 8.99. The Kier molecular flexibility index (Phi) is 31.2. The number of likely N-dealkylation sites (N-methyl/N-ethyl adjacent to an activating group) is 1. The molecule has 0 aliphatic heterocycles. The molecule has 0 aromatic heterocycles. The first kappa shape index (κ1) is 48.9. The van der Waals surface area contributed by atoms with Crippen molar-refractivity contribution >= 4 is 13.7 Å².